The molecule has 0 aliphatic heterocycles. The van der Waals surface area contributed by atoms with Gasteiger partial charge in [-0.1, -0.05) is 29.4 Å². The summed E-state index contributed by atoms with van der Waals surface area (Å²) in [5, 5.41) is 3.33. The minimum atomic E-state index is -4.69. The van der Waals surface area contributed by atoms with Crippen LogP contribution in [0.4, 0.5) is 13.2 Å². The molecule has 2 aromatic rings. The predicted octanol–water partition coefficient (Wildman–Crippen LogP) is 4.37. The largest absolute Gasteiger partial charge is 0.471 e. The molecule has 144 valence electrons. The summed E-state index contributed by atoms with van der Waals surface area (Å²) in [6, 6.07) is 6.44. The first-order valence-electron chi connectivity index (χ1n) is 7.80. The van der Waals surface area contributed by atoms with Gasteiger partial charge in [-0.25, -0.2) is 9.24 Å². The third kappa shape index (κ3) is 4.91. The third-order valence-electron chi connectivity index (χ3n) is 3.29. The standard InChI is InChI=1S/C15H19F3N3O4P/c1-4-23-26(22,24-5-2)21(3)10-11-6-8-12(9-7-11)13-19-14(25-20-13)15(16,17)18/h6-9H,4-5,10H2,1-3H3. The highest BCUT2D eigenvalue weighted by atomic mass is 31.2. The van der Waals surface area contributed by atoms with E-state index in [2.05, 4.69) is 14.7 Å². The summed E-state index contributed by atoms with van der Waals surface area (Å²) in [7, 11) is -1.79. The molecule has 2 rings (SSSR count). The lowest BCUT2D eigenvalue weighted by molar-refractivity contribution is -0.159. The summed E-state index contributed by atoms with van der Waals surface area (Å²) in [5.41, 5.74) is 1.13. The van der Waals surface area contributed by atoms with Crippen molar-refractivity contribution in [1.82, 2.24) is 14.8 Å². The molecule has 0 spiro atoms. The van der Waals surface area contributed by atoms with E-state index in [4.69, 9.17) is 9.05 Å². The second-order valence-electron chi connectivity index (χ2n) is 5.24. The highest BCUT2D eigenvalue weighted by Crippen LogP contribution is 2.51. The fourth-order valence-electron chi connectivity index (χ4n) is 2.13. The first-order chi connectivity index (χ1) is 12.2. The molecular formula is C15H19F3N3O4P. The van der Waals surface area contributed by atoms with Crippen LogP contribution in [0.15, 0.2) is 28.8 Å². The lowest BCUT2D eigenvalue weighted by Crippen LogP contribution is -2.18. The van der Waals surface area contributed by atoms with Crippen LogP contribution in [0.25, 0.3) is 11.4 Å². The van der Waals surface area contributed by atoms with Crippen molar-refractivity contribution in [1.29, 1.82) is 0 Å². The van der Waals surface area contributed by atoms with Crippen LogP contribution in [-0.4, -0.2) is 35.1 Å². The monoisotopic (exact) mass is 393 g/mol. The lowest BCUT2D eigenvalue weighted by atomic mass is 10.1. The van der Waals surface area contributed by atoms with E-state index in [0.29, 0.717) is 5.56 Å². The van der Waals surface area contributed by atoms with Crippen molar-refractivity contribution in [2.45, 2.75) is 26.6 Å². The molecule has 0 aliphatic carbocycles. The fraction of sp³-hybridized carbons (Fsp3) is 0.467. The highest BCUT2D eigenvalue weighted by Gasteiger charge is 2.38. The van der Waals surface area contributed by atoms with Crippen LogP contribution >= 0.6 is 7.75 Å². The predicted molar refractivity (Wildman–Crippen MR) is 87.1 cm³/mol. The van der Waals surface area contributed by atoms with Crippen molar-refractivity contribution in [3.8, 4) is 11.4 Å². The number of benzene rings is 1. The van der Waals surface area contributed by atoms with E-state index < -0.39 is 19.8 Å². The van der Waals surface area contributed by atoms with Gasteiger partial charge in [-0.2, -0.15) is 18.2 Å². The van der Waals surface area contributed by atoms with Gasteiger partial charge in [-0.15, -0.1) is 0 Å². The van der Waals surface area contributed by atoms with Gasteiger partial charge >= 0.3 is 19.8 Å². The Balaban J connectivity index is 2.12. The molecular weight excluding hydrogens is 374 g/mol. The maximum absolute atomic E-state index is 12.6. The van der Waals surface area contributed by atoms with Crippen LogP contribution in [0, 0.1) is 0 Å². The summed E-state index contributed by atoms with van der Waals surface area (Å²) in [4.78, 5) is 3.33. The van der Waals surface area contributed by atoms with Crippen molar-refractivity contribution < 1.29 is 31.3 Å². The minimum absolute atomic E-state index is 0.161. The number of aromatic nitrogens is 2. The molecule has 7 nitrogen and oxygen atoms in total. The molecule has 0 saturated heterocycles. The van der Waals surface area contributed by atoms with E-state index in [1.165, 1.54) is 4.67 Å². The molecule has 0 unspecified atom stereocenters. The lowest BCUT2D eigenvalue weighted by Gasteiger charge is -2.26. The minimum Gasteiger partial charge on any atom is -0.329 e. The molecule has 0 bridgehead atoms. The molecule has 0 N–H and O–H groups in total. The van der Waals surface area contributed by atoms with Gasteiger partial charge in [0.2, 0.25) is 5.82 Å². The van der Waals surface area contributed by atoms with Crippen molar-refractivity contribution in [2.75, 3.05) is 20.3 Å². The molecule has 0 amide bonds. The zero-order valence-electron chi connectivity index (χ0n) is 14.5. The zero-order chi connectivity index (χ0) is 19.4. The van der Waals surface area contributed by atoms with Crippen molar-refractivity contribution >= 4 is 7.75 Å². The Morgan fingerprint density at radius 1 is 1.15 bits per heavy atom. The van der Waals surface area contributed by atoms with Gasteiger partial charge in [0.05, 0.1) is 13.2 Å². The fourth-order valence-corrected chi connectivity index (χ4v) is 3.58. The van der Waals surface area contributed by atoms with Crippen LogP contribution in [0.5, 0.6) is 0 Å². The number of halogens is 3. The van der Waals surface area contributed by atoms with Gasteiger partial charge in [0.15, 0.2) is 0 Å². The maximum Gasteiger partial charge on any atom is 0.471 e. The maximum atomic E-state index is 12.6. The molecule has 1 aromatic carbocycles. The Kier molecular flexibility index (Phi) is 6.57. The van der Waals surface area contributed by atoms with Crippen LogP contribution in [0.1, 0.15) is 25.3 Å². The number of alkyl halides is 3. The number of hydrogen-bond donors (Lipinski definition) is 0. The molecule has 26 heavy (non-hydrogen) atoms. The van der Waals surface area contributed by atoms with Crippen molar-refractivity contribution in [3.63, 3.8) is 0 Å². The second-order valence-corrected chi connectivity index (χ2v) is 7.37. The average Bonchev–Trinajstić information content (AvgIpc) is 3.06. The molecule has 0 saturated carbocycles. The number of hydrogen-bond acceptors (Lipinski definition) is 6. The Morgan fingerprint density at radius 3 is 2.19 bits per heavy atom. The Labute approximate surface area is 148 Å². The van der Waals surface area contributed by atoms with Crippen LogP contribution in [-0.2, 0) is 26.3 Å². The molecule has 0 fully saturated rings. The molecule has 0 radical (unpaired) electrons. The van der Waals surface area contributed by atoms with Crippen molar-refractivity contribution in [2.24, 2.45) is 0 Å². The van der Waals surface area contributed by atoms with Crippen LogP contribution < -0.4 is 0 Å². The van der Waals surface area contributed by atoms with Gasteiger partial charge < -0.3 is 4.52 Å². The van der Waals surface area contributed by atoms with E-state index >= 15 is 0 Å². The Hall–Kier alpha value is -1.74. The summed E-state index contributed by atoms with van der Waals surface area (Å²) < 4.78 is 66.4. The van der Waals surface area contributed by atoms with Gasteiger partial charge in [0.25, 0.3) is 0 Å². The van der Waals surface area contributed by atoms with Gasteiger partial charge in [-0.05, 0) is 26.5 Å². The number of rotatable bonds is 8. The summed E-state index contributed by atoms with van der Waals surface area (Å²) in [6.45, 7) is 4.17. The van der Waals surface area contributed by atoms with Crippen molar-refractivity contribution in [3.05, 3.63) is 35.7 Å². The molecule has 1 heterocycles. The van der Waals surface area contributed by atoms with E-state index in [1.807, 2.05) is 0 Å². The smallest absolute Gasteiger partial charge is 0.329 e. The summed E-state index contributed by atoms with van der Waals surface area (Å²) in [6.07, 6.45) is -4.69. The summed E-state index contributed by atoms with van der Waals surface area (Å²) in [5.74, 6) is -1.56. The van der Waals surface area contributed by atoms with Crippen LogP contribution in [0.2, 0.25) is 0 Å². The van der Waals surface area contributed by atoms with Crippen LogP contribution in [0.3, 0.4) is 0 Å². The SMILES string of the molecule is CCOP(=O)(OCC)N(C)Cc1ccc(-c2noc(C(F)(F)F)n2)cc1. The molecule has 0 aliphatic rings. The molecule has 11 heteroatoms. The molecule has 1 aromatic heterocycles. The average molecular weight is 393 g/mol. The third-order valence-corrected chi connectivity index (χ3v) is 5.44. The molecule has 0 atom stereocenters. The van der Waals surface area contributed by atoms with E-state index in [9.17, 15) is 17.7 Å². The normalized spacial score (nSPS) is 12.7. The second kappa shape index (κ2) is 8.30. The zero-order valence-corrected chi connectivity index (χ0v) is 15.4. The number of nitrogens with zero attached hydrogens (tertiary/aromatic N) is 3. The van der Waals surface area contributed by atoms with Gasteiger partial charge in [0.1, 0.15) is 0 Å². The first kappa shape index (κ1) is 20.6. The van der Waals surface area contributed by atoms with Gasteiger partial charge in [-0.3, -0.25) is 9.05 Å². The first-order valence-corrected chi connectivity index (χ1v) is 9.30. The van der Waals surface area contributed by atoms with E-state index in [0.717, 1.165) is 5.56 Å². The van der Waals surface area contributed by atoms with E-state index in [1.54, 1.807) is 45.2 Å². The van der Waals surface area contributed by atoms with Gasteiger partial charge in [0, 0.05) is 12.1 Å². The summed E-state index contributed by atoms with van der Waals surface area (Å²) >= 11 is 0. The quantitative estimate of drug-likeness (QED) is 0.617. The topological polar surface area (TPSA) is 77.7 Å². The Morgan fingerprint density at radius 2 is 1.73 bits per heavy atom. The van der Waals surface area contributed by atoms with E-state index in [-0.39, 0.29) is 25.6 Å². The highest BCUT2D eigenvalue weighted by molar-refractivity contribution is 7.51. The Bertz CT molecular complexity index is 754.